The predicted molar refractivity (Wildman–Crippen MR) is 114 cm³/mol. The number of aliphatic hydroxyl groups excluding tert-OH is 1. The zero-order valence-electron chi connectivity index (χ0n) is 18.2. The van der Waals surface area contributed by atoms with Crippen molar-refractivity contribution in [2.75, 3.05) is 0 Å². The molecule has 2 N–H and O–H groups in total. The van der Waals surface area contributed by atoms with Crippen LogP contribution in [0.25, 0.3) is 0 Å². The first-order chi connectivity index (χ1) is 13.1. The standard InChI is InChI=1S/C25H38O3/c1-16(2)7-6-8-17(3)19-11-12-24(4)13-21-23(22(27)14-25(21,5)28)18(15-26)9-10-20(19)24/h6-9,15,17,19-23,27-28H,10-14H2,1-5H3. The van der Waals surface area contributed by atoms with Crippen molar-refractivity contribution in [1.82, 2.24) is 0 Å². The van der Waals surface area contributed by atoms with E-state index in [4.69, 9.17) is 0 Å². The van der Waals surface area contributed by atoms with Gasteiger partial charge >= 0.3 is 0 Å². The Balaban J connectivity index is 1.91. The summed E-state index contributed by atoms with van der Waals surface area (Å²) in [6, 6.07) is 0. The molecule has 0 aromatic rings. The van der Waals surface area contributed by atoms with Crippen molar-refractivity contribution < 1.29 is 15.0 Å². The summed E-state index contributed by atoms with van der Waals surface area (Å²) in [5.41, 5.74) is 1.24. The summed E-state index contributed by atoms with van der Waals surface area (Å²) in [6.07, 6.45) is 13.5. The minimum absolute atomic E-state index is 0.0537. The summed E-state index contributed by atoms with van der Waals surface area (Å²) >= 11 is 0. The Morgan fingerprint density at radius 3 is 2.61 bits per heavy atom. The van der Waals surface area contributed by atoms with E-state index >= 15 is 0 Å². The van der Waals surface area contributed by atoms with Crippen LogP contribution in [-0.4, -0.2) is 28.2 Å². The Morgan fingerprint density at radius 2 is 1.96 bits per heavy atom. The third kappa shape index (κ3) is 3.93. The maximum absolute atomic E-state index is 11.8. The highest BCUT2D eigenvalue weighted by atomic mass is 16.3. The minimum atomic E-state index is -0.913. The SMILES string of the molecule is CC(C)=CC=CC(C)C1CCC2(C)CC3C(C(C=O)=CCC12)C(O)CC3(C)O. The lowest BCUT2D eigenvalue weighted by Gasteiger charge is -2.43. The molecule has 0 aromatic carbocycles. The number of hydrogen-bond donors (Lipinski definition) is 2. The number of rotatable bonds is 4. The first-order valence-electron chi connectivity index (χ1n) is 11.0. The molecule has 3 aliphatic carbocycles. The largest absolute Gasteiger partial charge is 0.392 e. The number of fused-ring (bicyclic) bond motifs is 2. The second-order valence-corrected chi connectivity index (χ2v) is 10.5. The fraction of sp³-hybridized carbons (Fsp3) is 0.720. The predicted octanol–water partition coefficient (Wildman–Crippen LogP) is 4.84. The summed E-state index contributed by atoms with van der Waals surface area (Å²) in [6.45, 7) is 10.8. The Bertz CT molecular complexity index is 682. The van der Waals surface area contributed by atoms with E-state index in [-0.39, 0.29) is 17.3 Å². The van der Waals surface area contributed by atoms with Gasteiger partial charge in [-0.05, 0) is 81.1 Å². The van der Waals surface area contributed by atoms with Gasteiger partial charge in [0.05, 0.1) is 11.7 Å². The molecule has 156 valence electrons. The zero-order valence-corrected chi connectivity index (χ0v) is 18.2. The Labute approximate surface area is 170 Å². The maximum Gasteiger partial charge on any atom is 0.146 e. The maximum atomic E-state index is 11.8. The first-order valence-corrected chi connectivity index (χ1v) is 11.0. The number of hydrogen-bond acceptors (Lipinski definition) is 3. The second kappa shape index (κ2) is 7.91. The second-order valence-electron chi connectivity index (χ2n) is 10.5. The number of aliphatic hydroxyl groups is 2. The monoisotopic (exact) mass is 386 g/mol. The molecule has 3 aliphatic rings. The molecule has 8 atom stereocenters. The van der Waals surface area contributed by atoms with Gasteiger partial charge < -0.3 is 10.2 Å². The summed E-state index contributed by atoms with van der Waals surface area (Å²) in [5.74, 6) is 1.30. The molecule has 3 heteroatoms. The topological polar surface area (TPSA) is 57.5 Å². The van der Waals surface area contributed by atoms with Crippen LogP contribution in [-0.2, 0) is 4.79 Å². The fourth-order valence-electron chi connectivity index (χ4n) is 6.49. The van der Waals surface area contributed by atoms with Crippen molar-refractivity contribution in [2.45, 2.75) is 78.4 Å². The Kier molecular flexibility index (Phi) is 6.08. The molecule has 3 rings (SSSR count). The lowest BCUT2D eigenvalue weighted by atomic mass is 9.63. The van der Waals surface area contributed by atoms with Crippen LogP contribution in [0.2, 0.25) is 0 Å². The lowest BCUT2D eigenvalue weighted by Crippen LogP contribution is -2.40. The summed E-state index contributed by atoms with van der Waals surface area (Å²) in [7, 11) is 0. The van der Waals surface area contributed by atoms with Gasteiger partial charge in [0.2, 0.25) is 0 Å². The molecule has 0 spiro atoms. The third-order valence-corrected chi connectivity index (χ3v) is 8.06. The van der Waals surface area contributed by atoms with E-state index in [9.17, 15) is 15.0 Å². The first kappa shape index (κ1) is 21.5. The highest BCUT2D eigenvalue weighted by Gasteiger charge is 2.56. The van der Waals surface area contributed by atoms with Crippen LogP contribution in [0.5, 0.6) is 0 Å². The van der Waals surface area contributed by atoms with Crippen molar-refractivity contribution >= 4 is 6.29 Å². The average Bonchev–Trinajstić information content (AvgIpc) is 3.01. The number of carbonyl (C=O) groups excluding carboxylic acids is 1. The summed E-state index contributed by atoms with van der Waals surface area (Å²) in [4.78, 5) is 11.8. The molecular formula is C25H38O3. The molecule has 0 heterocycles. The molecular weight excluding hydrogens is 348 g/mol. The van der Waals surface area contributed by atoms with Crippen LogP contribution in [0.4, 0.5) is 0 Å². The van der Waals surface area contributed by atoms with Gasteiger partial charge in [0.1, 0.15) is 6.29 Å². The van der Waals surface area contributed by atoms with Crippen LogP contribution in [0.15, 0.2) is 35.5 Å². The molecule has 0 radical (unpaired) electrons. The number of allylic oxidation sites excluding steroid dienone is 5. The van der Waals surface area contributed by atoms with E-state index in [0.717, 1.165) is 25.5 Å². The van der Waals surface area contributed by atoms with Gasteiger partial charge in [0.25, 0.3) is 0 Å². The van der Waals surface area contributed by atoms with Crippen LogP contribution < -0.4 is 0 Å². The normalized spacial score (nSPS) is 44.2. The van der Waals surface area contributed by atoms with Gasteiger partial charge in [0.15, 0.2) is 0 Å². The van der Waals surface area contributed by atoms with Crippen molar-refractivity contribution in [2.24, 2.45) is 35.0 Å². The van der Waals surface area contributed by atoms with Gasteiger partial charge in [0, 0.05) is 12.3 Å². The molecule has 28 heavy (non-hydrogen) atoms. The van der Waals surface area contributed by atoms with Crippen LogP contribution in [0.1, 0.15) is 66.7 Å². The van der Waals surface area contributed by atoms with Gasteiger partial charge in [-0.15, -0.1) is 0 Å². The van der Waals surface area contributed by atoms with E-state index in [1.165, 1.54) is 12.0 Å². The van der Waals surface area contributed by atoms with Gasteiger partial charge in [-0.1, -0.05) is 43.7 Å². The van der Waals surface area contributed by atoms with E-state index in [0.29, 0.717) is 29.7 Å². The third-order valence-electron chi connectivity index (χ3n) is 8.06. The minimum Gasteiger partial charge on any atom is -0.392 e. The highest BCUT2D eigenvalue weighted by molar-refractivity contribution is 5.74. The van der Waals surface area contributed by atoms with Gasteiger partial charge in [-0.3, -0.25) is 4.79 Å². The average molecular weight is 387 g/mol. The molecule has 3 nitrogen and oxygen atoms in total. The van der Waals surface area contributed by atoms with E-state index in [1.54, 1.807) is 0 Å². The van der Waals surface area contributed by atoms with Crippen LogP contribution in [0.3, 0.4) is 0 Å². The van der Waals surface area contributed by atoms with Gasteiger partial charge in [-0.25, -0.2) is 0 Å². The summed E-state index contributed by atoms with van der Waals surface area (Å²) in [5, 5.41) is 21.7. The summed E-state index contributed by atoms with van der Waals surface area (Å²) < 4.78 is 0. The lowest BCUT2D eigenvalue weighted by molar-refractivity contribution is -0.106. The number of carbonyl (C=O) groups is 1. The Morgan fingerprint density at radius 1 is 1.25 bits per heavy atom. The Hall–Kier alpha value is -1.19. The van der Waals surface area contributed by atoms with E-state index < -0.39 is 11.7 Å². The smallest absolute Gasteiger partial charge is 0.146 e. The number of aldehydes is 1. The molecule has 0 bridgehead atoms. The molecule has 2 fully saturated rings. The molecule has 0 aromatic heterocycles. The highest BCUT2D eigenvalue weighted by Crippen LogP contribution is 2.59. The van der Waals surface area contributed by atoms with Crippen molar-refractivity contribution in [3.63, 3.8) is 0 Å². The quantitative estimate of drug-likeness (QED) is 0.537. The molecule has 0 aliphatic heterocycles. The van der Waals surface area contributed by atoms with Crippen molar-refractivity contribution in [1.29, 1.82) is 0 Å². The van der Waals surface area contributed by atoms with E-state index in [1.807, 2.05) is 6.92 Å². The van der Waals surface area contributed by atoms with E-state index in [2.05, 4.69) is 52.0 Å². The zero-order chi connectivity index (χ0) is 20.7. The van der Waals surface area contributed by atoms with Crippen molar-refractivity contribution in [3.05, 3.63) is 35.5 Å². The van der Waals surface area contributed by atoms with Crippen molar-refractivity contribution in [3.8, 4) is 0 Å². The fourth-order valence-corrected chi connectivity index (χ4v) is 6.49. The molecule has 2 saturated carbocycles. The van der Waals surface area contributed by atoms with Crippen LogP contribution >= 0.6 is 0 Å². The van der Waals surface area contributed by atoms with Crippen LogP contribution in [0, 0.1) is 35.0 Å². The van der Waals surface area contributed by atoms with Gasteiger partial charge in [-0.2, -0.15) is 0 Å². The molecule has 0 saturated heterocycles. The molecule has 0 amide bonds. The molecule has 8 unspecified atom stereocenters.